The SMILES string of the molecule is O=C(c1cnn(C(=O)N2CCN(Cc3ccncc3)CC2)c1)N1CCCC1. The largest absolute Gasteiger partial charge is 0.344 e. The van der Waals surface area contributed by atoms with Crippen LogP contribution >= 0.6 is 0 Å². The molecule has 0 spiro atoms. The van der Waals surface area contributed by atoms with Gasteiger partial charge >= 0.3 is 6.03 Å². The van der Waals surface area contributed by atoms with Crippen LogP contribution in [0.15, 0.2) is 36.9 Å². The van der Waals surface area contributed by atoms with Crippen molar-refractivity contribution in [3.8, 4) is 0 Å². The van der Waals surface area contributed by atoms with Gasteiger partial charge in [0.2, 0.25) is 0 Å². The lowest BCUT2D eigenvalue weighted by atomic mass is 10.2. The molecule has 4 heterocycles. The lowest BCUT2D eigenvalue weighted by Crippen LogP contribution is -2.49. The third-order valence-corrected chi connectivity index (χ3v) is 5.22. The second kappa shape index (κ2) is 7.87. The van der Waals surface area contributed by atoms with Crippen LogP contribution in [0.25, 0.3) is 0 Å². The molecule has 0 bridgehead atoms. The second-order valence-corrected chi connectivity index (χ2v) is 7.07. The summed E-state index contributed by atoms with van der Waals surface area (Å²) in [5.41, 5.74) is 1.71. The molecule has 2 aromatic rings. The fourth-order valence-corrected chi connectivity index (χ4v) is 3.63. The van der Waals surface area contributed by atoms with Crippen LogP contribution in [0.2, 0.25) is 0 Å². The maximum atomic E-state index is 12.7. The van der Waals surface area contributed by atoms with Crippen LogP contribution in [0, 0.1) is 0 Å². The summed E-state index contributed by atoms with van der Waals surface area (Å²) >= 11 is 0. The van der Waals surface area contributed by atoms with Crippen molar-refractivity contribution in [2.45, 2.75) is 19.4 Å². The number of hydrogen-bond donors (Lipinski definition) is 0. The van der Waals surface area contributed by atoms with Crippen molar-refractivity contribution in [1.29, 1.82) is 0 Å². The van der Waals surface area contributed by atoms with Gasteiger partial charge in [-0.25, -0.2) is 4.79 Å². The summed E-state index contributed by atoms with van der Waals surface area (Å²) in [6, 6.07) is 3.86. The average molecular weight is 368 g/mol. The van der Waals surface area contributed by atoms with Gasteiger partial charge in [-0.2, -0.15) is 9.78 Å². The Hall–Kier alpha value is -2.74. The van der Waals surface area contributed by atoms with Gasteiger partial charge in [0.15, 0.2) is 0 Å². The molecule has 8 nitrogen and oxygen atoms in total. The number of carbonyl (C=O) groups is 2. The lowest BCUT2D eigenvalue weighted by Gasteiger charge is -2.34. The predicted octanol–water partition coefficient (Wildman–Crippen LogP) is 1.30. The normalized spacial score (nSPS) is 18.1. The van der Waals surface area contributed by atoms with Gasteiger partial charge in [-0.1, -0.05) is 0 Å². The van der Waals surface area contributed by atoms with E-state index in [4.69, 9.17) is 0 Å². The first-order valence-electron chi connectivity index (χ1n) is 9.45. The molecule has 27 heavy (non-hydrogen) atoms. The first kappa shape index (κ1) is 17.7. The van der Waals surface area contributed by atoms with Gasteiger partial charge in [-0.05, 0) is 30.5 Å². The Morgan fingerprint density at radius 3 is 2.33 bits per heavy atom. The molecule has 2 amide bonds. The molecule has 2 saturated heterocycles. The molecule has 0 unspecified atom stereocenters. The van der Waals surface area contributed by atoms with Crippen molar-refractivity contribution < 1.29 is 9.59 Å². The molecule has 142 valence electrons. The van der Waals surface area contributed by atoms with E-state index in [0.29, 0.717) is 18.7 Å². The highest BCUT2D eigenvalue weighted by Gasteiger charge is 2.25. The van der Waals surface area contributed by atoms with E-state index < -0.39 is 0 Å². The molecule has 8 heteroatoms. The highest BCUT2D eigenvalue weighted by molar-refractivity contribution is 5.94. The molecule has 2 fully saturated rings. The molecule has 0 aliphatic carbocycles. The predicted molar refractivity (Wildman–Crippen MR) is 99.2 cm³/mol. The Morgan fingerprint density at radius 1 is 0.926 bits per heavy atom. The zero-order valence-electron chi connectivity index (χ0n) is 15.3. The number of hydrogen-bond acceptors (Lipinski definition) is 5. The van der Waals surface area contributed by atoms with Gasteiger partial charge in [0, 0.05) is 64.4 Å². The number of rotatable bonds is 3. The van der Waals surface area contributed by atoms with Gasteiger partial charge in [-0.15, -0.1) is 0 Å². The van der Waals surface area contributed by atoms with Crippen molar-refractivity contribution in [3.63, 3.8) is 0 Å². The number of aromatic nitrogens is 3. The summed E-state index contributed by atoms with van der Waals surface area (Å²) in [6.07, 6.45) is 8.75. The third-order valence-electron chi connectivity index (χ3n) is 5.22. The summed E-state index contributed by atoms with van der Waals surface area (Å²) in [4.78, 5) is 35.1. The topological polar surface area (TPSA) is 74.6 Å². The fourth-order valence-electron chi connectivity index (χ4n) is 3.63. The maximum Gasteiger partial charge on any atom is 0.344 e. The summed E-state index contributed by atoms with van der Waals surface area (Å²) in [6.45, 7) is 5.37. The highest BCUT2D eigenvalue weighted by Crippen LogP contribution is 2.13. The van der Waals surface area contributed by atoms with Crippen LogP contribution in [0.5, 0.6) is 0 Å². The van der Waals surface area contributed by atoms with Crippen LogP contribution in [0.1, 0.15) is 28.8 Å². The molecule has 0 radical (unpaired) electrons. The molecule has 0 atom stereocenters. The molecular weight excluding hydrogens is 344 g/mol. The van der Waals surface area contributed by atoms with E-state index in [1.54, 1.807) is 23.5 Å². The van der Waals surface area contributed by atoms with Crippen LogP contribution in [-0.2, 0) is 6.54 Å². The summed E-state index contributed by atoms with van der Waals surface area (Å²) in [7, 11) is 0. The third kappa shape index (κ3) is 4.00. The average Bonchev–Trinajstić information content (AvgIpc) is 3.41. The molecule has 4 rings (SSSR count). The van der Waals surface area contributed by atoms with E-state index in [1.165, 1.54) is 16.4 Å². The van der Waals surface area contributed by atoms with E-state index in [1.807, 2.05) is 17.0 Å². The minimum atomic E-state index is -0.168. The quantitative estimate of drug-likeness (QED) is 0.816. The Labute approximate surface area is 158 Å². The number of amides is 2. The molecule has 0 saturated carbocycles. The van der Waals surface area contributed by atoms with Crippen molar-refractivity contribution >= 4 is 11.9 Å². The molecule has 2 aromatic heterocycles. The Bertz CT molecular complexity index is 792. The van der Waals surface area contributed by atoms with Crippen LogP contribution in [0.4, 0.5) is 4.79 Å². The number of piperazine rings is 1. The van der Waals surface area contributed by atoms with Gasteiger partial charge in [-0.3, -0.25) is 14.7 Å². The molecule has 2 aliphatic heterocycles. The van der Waals surface area contributed by atoms with Crippen LogP contribution in [-0.4, -0.2) is 80.7 Å². The van der Waals surface area contributed by atoms with E-state index in [9.17, 15) is 9.59 Å². The van der Waals surface area contributed by atoms with Gasteiger partial charge in [0.25, 0.3) is 5.91 Å². The number of carbonyl (C=O) groups excluding carboxylic acids is 2. The summed E-state index contributed by atoms with van der Waals surface area (Å²) in [5.74, 6) is -0.0336. The zero-order valence-corrected chi connectivity index (χ0v) is 15.3. The number of nitrogens with zero attached hydrogens (tertiary/aromatic N) is 6. The Kier molecular flexibility index (Phi) is 5.15. The zero-order chi connectivity index (χ0) is 18.6. The Balaban J connectivity index is 1.32. The second-order valence-electron chi connectivity index (χ2n) is 7.07. The molecule has 2 aliphatic rings. The van der Waals surface area contributed by atoms with E-state index >= 15 is 0 Å². The molecule has 0 aromatic carbocycles. The van der Waals surface area contributed by atoms with Crippen LogP contribution < -0.4 is 0 Å². The maximum absolute atomic E-state index is 12.7. The van der Waals surface area contributed by atoms with Gasteiger partial charge in [0.1, 0.15) is 0 Å². The Morgan fingerprint density at radius 2 is 1.63 bits per heavy atom. The fraction of sp³-hybridized carbons (Fsp3) is 0.474. The standard InChI is InChI=1S/C19H24N6O2/c26-18(23-7-1-2-8-23)17-13-21-25(15-17)19(27)24-11-9-22(10-12-24)14-16-3-5-20-6-4-16/h3-6,13,15H,1-2,7-12,14H2. The lowest BCUT2D eigenvalue weighted by molar-refractivity contribution is 0.0793. The van der Waals surface area contributed by atoms with Crippen LogP contribution in [0.3, 0.4) is 0 Å². The van der Waals surface area contributed by atoms with Gasteiger partial charge in [0.05, 0.1) is 11.8 Å². The first-order valence-corrected chi connectivity index (χ1v) is 9.45. The van der Waals surface area contributed by atoms with E-state index in [-0.39, 0.29) is 11.9 Å². The highest BCUT2D eigenvalue weighted by atomic mass is 16.2. The number of pyridine rings is 1. The van der Waals surface area contributed by atoms with E-state index in [0.717, 1.165) is 45.6 Å². The molecule has 0 N–H and O–H groups in total. The van der Waals surface area contributed by atoms with E-state index in [2.05, 4.69) is 15.0 Å². The summed E-state index contributed by atoms with van der Waals surface area (Å²) < 4.78 is 1.29. The molecular formula is C19H24N6O2. The monoisotopic (exact) mass is 368 g/mol. The van der Waals surface area contributed by atoms with Crippen molar-refractivity contribution in [2.24, 2.45) is 0 Å². The van der Waals surface area contributed by atoms with Crippen molar-refractivity contribution in [1.82, 2.24) is 29.5 Å². The minimum Gasteiger partial charge on any atom is -0.339 e. The number of likely N-dealkylation sites (tertiary alicyclic amines) is 1. The smallest absolute Gasteiger partial charge is 0.339 e. The minimum absolute atomic E-state index is 0.0336. The van der Waals surface area contributed by atoms with Gasteiger partial charge < -0.3 is 9.80 Å². The van der Waals surface area contributed by atoms with Crippen molar-refractivity contribution in [2.75, 3.05) is 39.3 Å². The van der Waals surface area contributed by atoms with Crippen molar-refractivity contribution in [3.05, 3.63) is 48.0 Å². The summed E-state index contributed by atoms with van der Waals surface area (Å²) in [5, 5.41) is 4.13. The first-order chi connectivity index (χ1) is 13.2.